The van der Waals surface area contributed by atoms with Gasteiger partial charge in [-0.3, -0.25) is 0 Å². The summed E-state index contributed by atoms with van der Waals surface area (Å²) in [4.78, 5) is 1.31. The Morgan fingerprint density at radius 2 is 1.90 bits per heavy atom. The van der Waals surface area contributed by atoms with Crippen LogP contribution in [-0.2, 0) is 6.42 Å². The number of halogens is 2. The summed E-state index contributed by atoms with van der Waals surface area (Å²) in [6, 6.07) is 14.8. The summed E-state index contributed by atoms with van der Waals surface area (Å²) < 4.78 is 0. The van der Waals surface area contributed by atoms with Crippen molar-refractivity contribution in [3.05, 3.63) is 63.6 Å². The molecule has 0 spiro atoms. The van der Waals surface area contributed by atoms with Crippen molar-refractivity contribution in [2.75, 3.05) is 12.8 Å². The third kappa shape index (κ3) is 5.23. The maximum absolute atomic E-state index is 6.07. The van der Waals surface area contributed by atoms with Crippen LogP contribution in [0.3, 0.4) is 0 Å². The first-order valence-corrected chi connectivity index (χ1v) is 8.63. The smallest absolute Gasteiger partial charge is 0.0595 e. The molecule has 2 aromatic carbocycles. The highest BCUT2D eigenvalue weighted by Crippen LogP contribution is 2.24. The minimum atomic E-state index is 0.396. The van der Waals surface area contributed by atoms with Gasteiger partial charge in [-0.05, 0) is 50.2 Å². The number of nitrogens with one attached hydrogen (secondary N) is 1. The molecule has 0 amide bonds. The van der Waals surface area contributed by atoms with Crippen molar-refractivity contribution < 1.29 is 0 Å². The molecule has 1 nitrogen and oxygen atoms in total. The molecule has 0 saturated carbocycles. The second kappa shape index (κ2) is 8.09. The Bertz CT molecular complexity index is 601. The van der Waals surface area contributed by atoms with Crippen molar-refractivity contribution >= 4 is 35.0 Å². The van der Waals surface area contributed by atoms with Gasteiger partial charge in [0, 0.05) is 16.7 Å². The lowest BCUT2D eigenvalue weighted by Crippen LogP contribution is -2.30. The van der Waals surface area contributed by atoms with E-state index in [0.717, 1.165) is 12.2 Å². The van der Waals surface area contributed by atoms with E-state index in [9.17, 15) is 0 Å². The lowest BCUT2D eigenvalue weighted by atomic mass is 10.1. The molecule has 4 heteroatoms. The molecule has 1 N–H and O–H groups in total. The van der Waals surface area contributed by atoms with Gasteiger partial charge >= 0.3 is 0 Å². The van der Waals surface area contributed by atoms with Gasteiger partial charge in [-0.1, -0.05) is 47.0 Å². The van der Waals surface area contributed by atoms with Crippen molar-refractivity contribution in [1.82, 2.24) is 5.32 Å². The maximum atomic E-state index is 6.07. The predicted octanol–water partition coefficient (Wildman–Crippen LogP) is 5.22. The van der Waals surface area contributed by atoms with Gasteiger partial charge in [0.15, 0.2) is 0 Å². The van der Waals surface area contributed by atoms with E-state index in [2.05, 4.69) is 36.5 Å². The molecule has 21 heavy (non-hydrogen) atoms. The van der Waals surface area contributed by atoms with Crippen LogP contribution < -0.4 is 5.32 Å². The summed E-state index contributed by atoms with van der Waals surface area (Å²) >= 11 is 13.9. The van der Waals surface area contributed by atoms with Crippen LogP contribution >= 0.6 is 35.0 Å². The molecule has 0 fully saturated rings. The highest BCUT2D eigenvalue weighted by molar-refractivity contribution is 7.99. The van der Waals surface area contributed by atoms with Crippen LogP contribution in [0, 0.1) is 6.92 Å². The lowest BCUT2D eigenvalue weighted by Gasteiger charge is -2.16. The number of benzene rings is 2. The first-order valence-electron chi connectivity index (χ1n) is 6.89. The number of rotatable bonds is 6. The van der Waals surface area contributed by atoms with Crippen molar-refractivity contribution in [1.29, 1.82) is 0 Å². The Hall–Kier alpha value is -0.670. The highest BCUT2D eigenvalue weighted by Gasteiger charge is 2.09. The molecule has 0 saturated heterocycles. The van der Waals surface area contributed by atoms with E-state index < -0.39 is 0 Å². The SMILES string of the molecule is CNC(CSc1cccc(C)c1)Cc1ccc(Cl)c(Cl)c1. The minimum absolute atomic E-state index is 0.396. The first-order chi connectivity index (χ1) is 10.1. The average Bonchev–Trinajstić information content (AvgIpc) is 2.47. The average molecular weight is 340 g/mol. The quantitative estimate of drug-likeness (QED) is 0.723. The van der Waals surface area contributed by atoms with Gasteiger partial charge in [-0.2, -0.15) is 0 Å². The van der Waals surface area contributed by atoms with E-state index in [-0.39, 0.29) is 0 Å². The van der Waals surface area contributed by atoms with Gasteiger partial charge in [0.25, 0.3) is 0 Å². The van der Waals surface area contributed by atoms with E-state index in [1.165, 1.54) is 16.0 Å². The van der Waals surface area contributed by atoms with Crippen molar-refractivity contribution in [2.45, 2.75) is 24.3 Å². The number of likely N-dealkylation sites (N-methyl/N-ethyl adjacent to an activating group) is 1. The molecule has 0 radical (unpaired) electrons. The minimum Gasteiger partial charge on any atom is -0.316 e. The summed E-state index contributed by atoms with van der Waals surface area (Å²) in [5.41, 5.74) is 2.50. The van der Waals surface area contributed by atoms with Gasteiger partial charge in [0.05, 0.1) is 10.0 Å². The van der Waals surface area contributed by atoms with Gasteiger partial charge in [0.2, 0.25) is 0 Å². The summed E-state index contributed by atoms with van der Waals surface area (Å²) in [5, 5.41) is 4.60. The number of hydrogen-bond donors (Lipinski definition) is 1. The van der Waals surface area contributed by atoms with Crippen LogP contribution in [0.5, 0.6) is 0 Å². The van der Waals surface area contributed by atoms with Crippen LogP contribution in [0.1, 0.15) is 11.1 Å². The maximum Gasteiger partial charge on any atom is 0.0595 e. The Kier molecular flexibility index (Phi) is 6.43. The number of thioether (sulfide) groups is 1. The number of hydrogen-bond acceptors (Lipinski definition) is 2. The van der Waals surface area contributed by atoms with E-state index in [1.807, 2.05) is 37.0 Å². The predicted molar refractivity (Wildman–Crippen MR) is 94.9 cm³/mol. The van der Waals surface area contributed by atoms with Gasteiger partial charge < -0.3 is 5.32 Å². The summed E-state index contributed by atoms with van der Waals surface area (Å²) in [5.74, 6) is 1.01. The Labute approximate surface area is 141 Å². The molecule has 2 aromatic rings. The van der Waals surface area contributed by atoms with Crippen LogP contribution in [0.2, 0.25) is 10.0 Å². The fourth-order valence-electron chi connectivity index (χ4n) is 2.10. The summed E-state index contributed by atoms with van der Waals surface area (Å²) in [6.07, 6.45) is 0.937. The standard InChI is InChI=1S/C17H19Cl2NS/c1-12-4-3-5-15(8-12)21-11-14(20-2)9-13-6-7-16(18)17(19)10-13/h3-8,10,14,20H,9,11H2,1-2H3. The Morgan fingerprint density at radius 1 is 1.10 bits per heavy atom. The summed E-state index contributed by atoms with van der Waals surface area (Å²) in [7, 11) is 2.00. The number of aryl methyl sites for hydroxylation is 1. The molecule has 0 aromatic heterocycles. The monoisotopic (exact) mass is 339 g/mol. The fourth-order valence-corrected chi connectivity index (χ4v) is 3.54. The largest absolute Gasteiger partial charge is 0.316 e. The molecule has 1 unspecified atom stereocenters. The van der Waals surface area contributed by atoms with Crippen molar-refractivity contribution in [2.24, 2.45) is 0 Å². The summed E-state index contributed by atoms with van der Waals surface area (Å²) in [6.45, 7) is 2.12. The Balaban J connectivity index is 1.95. The molecule has 0 bridgehead atoms. The molecular formula is C17H19Cl2NS. The molecule has 1 atom stereocenters. The molecule has 0 aliphatic carbocycles. The van der Waals surface area contributed by atoms with Gasteiger partial charge in [-0.25, -0.2) is 0 Å². The fraction of sp³-hybridized carbons (Fsp3) is 0.294. The molecule has 0 aliphatic rings. The third-order valence-electron chi connectivity index (χ3n) is 3.32. The zero-order valence-corrected chi connectivity index (χ0v) is 14.5. The van der Waals surface area contributed by atoms with Crippen LogP contribution in [0.4, 0.5) is 0 Å². The van der Waals surface area contributed by atoms with Crippen LogP contribution in [-0.4, -0.2) is 18.8 Å². The van der Waals surface area contributed by atoms with E-state index >= 15 is 0 Å². The van der Waals surface area contributed by atoms with E-state index in [0.29, 0.717) is 16.1 Å². The molecular weight excluding hydrogens is 321 g/mol. The van der Waals surface area contributed by atoms with E-state index in [1.54, 1.807) is 0 Å². The third-order valence-corrected chi connectivity index (χ3v) is 5.21. The lowest BCUT2D eigenvalue weighted by molar-refractivity contribution is 0.617. The molecule has 0 aliphatic heterocycles. The first kappa shape index (κ1) is 16.7. The second-order valence-corrected chi connectivity index (χ2v) is 6.97. The van der Waals surface area contributed by atoms with Gasteiger partial charge in [0.1, 0.15) is 0 Å². The van der Waals surface area contributed by atoms with Crippen LogP contribution in [0.25, 0.3) is 0 Å². The normalized spacial score (nSPS) is 12.4. The molecule has 2 rings (SSSR count). The zero-order chi connectivity index (χ0) is 15.2. The van der Waals surface area contributed by atoms with Gasteiger partial charge in [-0.15, -0.1) is 11.8 Å². The molecule has 0 heterocycles. The zero-order valence-electron chi connectivity index (χ0n) is 12.2. The van der Waals surface area contributed by atoms with Crippen LogP contribution in [0.15, 0.2) is 47.4 Å². The van der Waals surface area contributed by atoms with Crippen molar-refractivity contribution in [3.63, 3.8) is 0 Å². The highest BCUT2D eigenvalue weighted by atomic mass is 35.5. The molecule has 112 valence electrons. The second-order valence-electron chi connectivity index (χ2n) is 5.07. The topological polar surface area (TPSA) is 12.0 Å². The van der Waals surface area contributed by atoms with E-state index in [4.69, 9.17) is 23.2 Å². The Morgan fingerprint density at radius 3 is 2.57 bits per heavy atom. The van der Waals surface area contributed by atoms with Crippen molar-refractivity contribution in [3.8, 4) is 0 Å².